The second-order valence-corrected chi connectivity index (χ2v) is 6.69. The average molecular weight is 403 g/mol. The number of hydrogen-bond donors (Lipinski definition) is 2. The van der Waals surface area contributed by atoms with Gasteiger partial charge in [-0.15, -0.1) is 0 Å². The van der Waals surface area contributed by atoms with E-state index < -0.39 is 55.7 Å². The number of phenols is 1. The second-order valence-electron chi connectivity index (χ2n) is 5.01. The molecular weight excluding hydrogens is 395 g/mol. The molecule has 2 aromatic carbocycles. The van der Waals surface area contributed by atoms with E-state index >= 15 is 0 Å². The van der Waals surface area contributed by atoms with Gasteiger partial charge in [0.05, 0.1) is 21.7 Å². The fourth-order valence-electron chi connectivity index (χ4n) is 1.87. The van der Waals surface area contributed by atoms with Crippen LogP contribution < -0.4 is 4.72 Å². The number of benzene rings is 2. The first kappa shape index (κ1) is 19.8. The summed E-state index contributed by atoms with van der Waals surface area (Å²) in [5.41, 5.74) is -4.44. The van der Waals surface area contributed by atoms with Crippen LogP contribution in [0.25, 0.3) is 0 Å². The Kier molecular flexibility index (Phi) is 4.83. The molecule has 0 unspecified atom stereocenters. The molecule has 0 heterocycles. The minimum atomic E-state index is -5.24. The van der Waals surface area contributed by atoms with Crippen LogP contribution in [0.1, 0.15) is 11.1 Å². The number of sulfonamides is 1. The summed E-state index contributed by atoms with van der Waals surface area (Å²) in [6.45, 7) is 0. The molecule has 0 saturated carbocycles. The third-order valence-electron chi connectivity index (χ3n) is 3.07. The van der Waals surface area contributed by atoms with Crippen LogP contribution in [0.4, 0.5) is 36.4 Å². The minimum Gasteiger partial charge on any atom is -0.508 e. The molecule has 2 N–H and O–H groups in total. The second kappa shape index (κ2) is 6.34. The number of hydrogen-bond acceptors (Lipinski definition) is 3. The van der Waals surface area contributed by atoms with Gasteiger partial charge in [-0.05, 0) is 30.3 Å². The van der Waals surface area contributed by atoms with E-state index in [2.05, 4.69) is 0 Å². The Morgan fingerprint density at radius 2 is 1.35 bits per heavy atom. The summed E-state index contributed by atoms with van der Waals surface area (Å²) in [5, 5.41) is 9.04. The van der Waals surface area contributed by atoms with Gasteiger partial charge < -0.3 is 5.11 Å². The van der Waals surface area contributed by atoms with Gasteiger partial charge in [0.25, 0.3) is 10.0 Å². The largest absolute Gasteiger partial charge is 0.508 e. The van der Waals surface area contributed by atoms with Crippen LogP contribution in [0.3, 0.4) is 0 Å². The van der Waals surface area contributed by atoms with Crippen molar-refractivity contribution >= 4 is 15.7 Å². The van der Waals surface area contributed by atoms with E-state index in [9.17, 15) is 39.2 Å². The van der Waals surface area contributed by atoms with E-state index in [1.807, 2.05) is 0 Å². The van der Waals surface area contributed by atoms with Crippen LogP contribution in [-0.4, -0.2) is 13.5 Å². The standard InChI is InChI=1S/C14H8F7NO3S/c15-11-6-9(23)1-2-12(11)22-26(24,25)10-4-7(13(16,17)18)3-8(5-10)14(19,20)21/h1-6,22-23H. The van der Waals surface area contributed by atoms with Gasteiger partial charge in [0, 0.05) is 6.07 Å². The van der Waals surface area contributed by atoms with Crippen molar-refractivity contribution in [3.63, 3.8) is 0 Å². The van der Waals surface area contributed by atoms with Crippen LogP contribution in [0.2, 0.25) is 0 Å². The van der Waals surface area contributed by atoms with Gasteiger partial charge in [-0.2, -0.15) is 26.3 Å². The number of rotatable bonds is 3. The average Bonchev–Trinajstić information content (AvgIpc) is 2.48. The molecular formula is C14H8F7NO3S. The van der Waals surface area contributed by atoms with Crippen molar-refractivity contribution in [2.75, 3.05) is 4.72 Å². The van der Waals surface area contributed by atoms with E-state index in [0.717, 1.165) is 12.1 Å². The van der Waals surface area contributed by atoms with Gasteiger partial charge in [0.15, 0.2) is 5.82 Å². The van der Waals surface area contributed by atoms with Crippen LogP contribution in [0.5, 0.6) is 5.75 Å². The molecule has 0 aliphatic heterocycles. The first-order valence-electron chi connectivity index (χ1n) is 6.51. The number of alkyl halides is 6. The van der Waals surface area contributed by atoms with Gasteiger partial charge in [-0.25, -0.2) is 12.8 Å². The minimum absolute atomic E-state index is 0.00408. The highest BCUT2D eigenvalue weighted by molar-refractivity contribution is 7.92. The van der Waals surface area contributed by atoms with Gasteiger partial charge in [0.1, 0.15) is 5.75 Å². The molecule has 142 valence electrons. The molecule has 0 atom stereocenters. The first-order chi connectivity index (χ1) is 11.7. The van der Waals surface area contributed by atoms with Crippen molar-refractivity contribution in [2.45, 2.75) is 17.2 Å². The lowest BCUT2D eigenvalue weighted by Crippen LogP contribution is -2.18. The summed E-state index contributed by atoms with van der Waals surface area (Å²) in [5.74, 6) is -1.85. The molecule has 0 saturated heterocycles. The predicted octanol–water partition coefficient (Wildman–Crippen LogP) is 4.37. The van der Waals surface area contributed by atoms with Gasteiger partial charge in [-0.3, -0.25) is 4.72 Å². The van der Waals surface area contributed by atoms with E-state index in [4.69, 9.17) is 5.11 Å². The van der Waals surface area contributed by atoms with E-state index in [1.165, 1.54) is 4.72 Å². The quantitative estimate of drug-likeness (QED) is 0.591. The fraction of sp³-hybridized carbons (Fsp3) is 0.143. The number of nitrogens with one attached hydrogen (secondary N) is 1. The monoisotopic (exact) mass is 403 g/mol. The fourth-order valence-corrected chi connectivity index (χ4v) is 3.01. The van der Waals surface area contributed by atoms with E-state index in [-0.39, 0.29) is 18.2 Å². The number of aromatic hydroxyl groups is 1. The van der Waals surface area contributed by atoms with Gasteiger partial charge in [0.2, 0.25) is 0 Å². The van der Waals surface area contributed by atoms with Gasteiger partial charge in [-0.1, -0.05) is 0 Å². The molecule has 12 heteroatoms. The Morgan fingerprint density at radius 3 is 1.77 bits per heavy atom. The van der Waals surface area contributed by atoms with Crippen LogP contribution in [-0.2, 0) is 22.4 Å². The summed E-state index contributed by atoms with van der Waals surface area (Å²) < 4.78 is 116. The van der Waals surface area contributed by atoms with Crippen molar-refractivity contribution in [3.05, 3.63) is 53.3 Å². The maximum Gasteiger partial charge on any atom is 0.416 e. The lowest BCUT2D eigenvalue weighted by molar-refractivity contribution is -0.143. The highest BCUT2D eigenvalue weighted by atomic mass is 32.2. The topological polar surface area (TPSA) is 66.4 Å². The molecule has 0 aliphatic carbocycles. The molecule has 2 aromatic rings. The van der Waals surface area contributed by atoms with Crippen molar-refractivity contribution in [1.29, 1.82) is 0 Å². The van der Waals surface area contributed by atoms with Gasteiger partial charge >= 0.3 is 12.4 Å². The number of halogens is 7. The molecule has 0 aromatic heterocycles. The highest BCUT2D eigenvalue weighted by Gasteiger charge is 2.38. The van der Waals surface area contributed by atoms with Crippen molar-refractivity contribution < 1.29 is 44.3 Å². The summed E-state index contributed by atoms with van der Waals surface area (Å²) >= 11 is 0. The van der Waals surface area contributed by atoms with E-state index in [1.54, 1.807) is 0 Å². The zero-order valence-electron chi connectivity index (χ0n) is 12.3. The summed E-state index contributed by atoms with van der Waals surface area (Å²) in [4.78, 5) is -1.35. The number of phenolic OH excluding ortho intramolecular Hbond substituents is 1. The molecule has 0 bridgehead atoms. The molecule has 0 fully saturated rings. The third-order valence-corrected chi connectivity index (χ3v) is 4.41. The SMILES string of the molecule is O=S(=O)(Nc1ccc(O)cc1F)c1cc(C(F)(F)F)cc(C(F)(F)F)c1. The zero-order chi connectivity index (χ0) is 19.9. The summed E-state index contributed by atoms with van der Waals surface area (Å²) in [6.07, 6.45) is -10.5. The Morgan fingerprint density at radius 1 is 0.846 bits per heavy atom. The molecule has 0 radical (unpaired) electrons. The predicted molar refractivity (Wildman–Crippen MR) is 75.3 cm³/mol. The smallest absolute Gasteiger partial charge is 0.416 e. The maximum atomic E-state index is 13.6. The number of anilines is 1. The first-order valence-corrected chi connectivity index (χ1v) is 7.99. The molecule has 0 amide bonds. The Bertz CT molecular complexity index is 904. The third kappa shape index (κ3) is 4.36. The summed E-state index contributed by atoms with van der Waals surface area (Å²) in [7, 11) is -4.99. The molecule has 4 nitrogen and oxygen atoms in total. The van der Waals surface area contributed by atoms with Crippen molar-refractivity contribution in [3.8, 4) is 5.75 Å². The Balaban J connectivity index is 2.58. The Hall–Kier alpha value is -2.50. The maximum absolute atomic E-state index is 13.6. The normalized spacial score (nSPS) is 12.9. The highest BCUT2D eigenvalue weighted by Crippen LogP contribution is 2.37. The van der Waals surface area contributed by atoms with Crippen LogP contribution in [0, 0.1) is 5.82 Å². The zero-order valence-corrected chi connectivity index (χ0v) is 13.1. The van der Waals surface area contributed by atoms with E-state index in [0.29, 0.717) is 6.07 Å². The molecule has 26 heavy (non-hydrogen) atoms. The van der Waals surface area contributed by atoms with Crippen molar-refractivity contribution in [2.24, 2.45) is 0 Å². The molecule has 2 rings (SSSR count). The lowest BCUT2D eigenvalue weighted by atomic mass is 10.1. The van der Waals surface area contributed by atoms with Crippen molar-refractivity contribution in [1.82, 2.24) is 0 Å². The molecule has 0 aliphatic rings. The molecule has 0 spiro atoms. The summed E-state index contributed by atoms with van der Waals surface area (Å²) in [6, 6.07) is 1.88. The van der Waals surface area contributed by atoms with Crippen LogP contribution in [0.15, 0.2) is 41.3 Å². The lowest BCUT2D eigenvalue weighted by Gasteiger charge is -2.15. The Labute approximate surface area is 141 Å². The van der Waals surface area contributed by atoms with Crippen LogP contribution >= 0.6 is 0 Å².